The number of aryl methyl sites for hydroxylation is 2. The van der Waals surface area contributed by atoms with Crippen molar-refractivity contribution in [1.82, 2.24) is 4.98 Å². The third-order valence-electron chi connectivity index (χ3n) is 3.70. The highest BCUT2D eigenvalue weighted by Crippen LogP contribution is 2.30. The van der Waals surface area contributed by atoms with Gasteiger partial charge < -0.3 is 5.32 Å². The number of hydrogen-bond donors (Lipinski definition) is 1. The van der Waals surface area contributed by atoms with Crippen LogP contribution in [0.2, 0.25) is 0 Å². The summed E-state index contributed by atoms with van der Waals surface area (Å²) in [6, 6.07) is 10.6. The lowest BCUT2D eigenvalue weighted by Gasteiger charge is -2.02. The number of carbonyl (C=O) groups is 1. The number of nitrogens with zero attached hydrogens (tertiary/aromatic N) is 1. The Hall–Kier alpha value is -1.92. The number of amides is 1. The van der Waals surface area contributed by atoms with E-state index in [4.69, 9.17) is 0 Å². The first-order chi connectivity index (χ1) is 12.0. The lowest BCUT2D eigenvalue weighted by Crippen LogP contribution is -2.11. The van der Waals surface area contributed by atoms with Gasteiger partial charge in [-0.25, -0.2) is 9.37 Å². The number of anilines is 1. The first kappa shape index (κ1) is 17.9. The van der Waals surface area contributed by atoms with Crippen molar-refractivity contribution in [3.8, 4) is 0 Å². The molecule has 2 aromatic carbocycles. The minimum atomic E-state index is -0.231. The third-order valence-corrected chi connectivity index (χ3v) is 5.92. The summed E-state index contributed by atoms with van der Waals surface area (Å²) in [5.41, 5.74) is 3.29. The van der Waals surface area contributed by atoms with Gasteiger partial charge in [0.25, 0.3) is 0 Å². The van der Waals surface area contributed by atoms with Gasteiger partial charge in [0, 0.05) is 11.3 Å². The van der Waals surface area contributed by atoms with E-state index >= 15 is 0 Å². The largest absolute Gasteiger partial charge is 0.302 e. The summed E-state index contributed by atoms with van der Waals surface area (Å²) in [6.45, 7) is 4.11. The average molecular weight is 375 g/mol. The molecule has 0 unspecified atom stereocenters. The minimum absolute atomic E-state index is 0.0202. The molecule has 0 atom stereocenters. The summed E-state index contributed by atoms with van der Waals surface area (Å²) >= 11 is 3.14. The Labute approximate surface area is 154 Å². The predicted octanol–water partition coefficient (Wildman–Crippen LogP) is 5.56. The second-order valence-corrected chi connectivity index (χ2v) is 8.07. The molecule has 0 saturated heterocycles. The van der Waals surface area contributed by atoms with E-state index in [9.17, 15) is 9.18 Å². The molecule has 0 radical (unpaired) electrons. The Morgan fingerprint density at radius 2 is 2.00 bits per heavy atom. The number of fused-ring (bicyclic) bond motifs is 1. The lowest BCUT2D eigenvalue weighted by atomic mass is 10.1. The van der Waals surface area contributed by atoms with Crippen LogP contribution in [0, 0.1) is 19.7 Å². The Bertz CT molecular complexity index is 890. The monoisotopic (exact) mass is 374 g/mol. The average Bonchev–Trinajstić information content (AvgIpc) is 2.96. The van der Waals surface area contributed by atoms with Gasteiger partial charge in [-0.1, -0.05) is 17.4 Å². The van der Waals surface area contributed by atoms with E-state index in [1.165, 1.54) is 34.6 Å². The topological polar surface area (TPSA) is 42.0 Å². The number of rotatable bonds is 6. The summed E-state index contributed by atoms with van der Waals surface area (Å²) in [6.07, 6.45) is 1.21. The van der Waals surface area contributed by atoms with Gasteiger partial charge in [-0.2, -0.15) is 0 Å². The predicted molar refractivity (Wildman–Crippen MR) is 104 cm³/mol. The third kappa shape index (κ3) is 4.80. The molecule has 3 rings (SSSR count). The van der Waals surface area contributed by atoms with E-state index in [0.29, 0.717) is 11.6 Å². The van der Waals surface area contributed by atoms with Crippen LogP contribution in [0.5, 0.6) is 0 Å². The van der Waals surface area contributed by atoms with Crippen LogP contribution >= 0.6 is 23.1 Å². The summed E-state index contributed by atoms with van der Waals surface area (Å²) in [4.78, 5) is 17.6. The smallest absolute Gasteiger partial charge is 0.226 e. The van der Waals surface area contributed by atoms with Crippen molar-refractivity contribution in [2.45, 2.75) is 31.6 Å². The number of thioether (sulfide) groups is 1. The number of aromatic nitrogens is 1. The fourth-order valence-electron chi connectivity index (χ4n) is 2.57. The van der Waals surface area contributed by atoms with Gasteiger partial charge in [0.15, 0.2) is 5.13 Å². The molecule has 1 N–H and O–H groups in total. The van der Waals surface area contributed by atoms with Gasteiger partial charge in [-0.15, -0.1) is 11.8 Å². The second-order valence-electron chi connectivity index (χ2n) is 5.90. The molecular formula is C19H19FN2OS2. The van der Waals surface area contributed by atoms with Gasteiger partial charge in [-0.05, 0) is 67.5 Å². The van der Waals surface area contributed by atoms with Crippen LogP contribution in [-0.2, 0) is 4.79 Å². The van der Waals surface area contributed by atoms with Crippen LogP contribution in [0.3, 0.4) is 0 Å². The number of halogens is 1. The zero-order chi connectivity index (χ0) is 17.8. The first-order valence-corrected chi connectivity index (χ1v) is 9.87. The van der Waals surface area contributed by atoms with E-state index in [0.717, 1.165) is 27.3 Å². The van der Waals surface area contributed by atoms with Crippen LogP contribution < -0.4 is 5.32 Å². The van der Waals surface area contributed by atoms with Crippen molar-refractivity contribution in [3.05, 3.63) is 53.3 Å². The Balaban J connectivity index is 1.49. The summed E-state index contributed by atoms with van der Waals surface area (Å²) < 4.78 is 14.0. The zero-order valence-corrected chi connectivity index (χ0v) is 15.8. The maximum Gasteiger partial charge on any atom is 0.226 e. The van der Waals surface area contributed by atoms with E-state index in [1.54, 1.807) is 23.9 Å². The molecule has 1 amide bonds. The van der Waals surface area contributed by atoms with Gasteiger partial charge >= 0.3 is 0 Å². The van der Waals surface area contributed by atoms with Gasteiger partial charge in [0.05, 0.1) is 10.2 Å². The molecule has 130 valence electrons. The molecule has 0 aliphatic carbocycles. The van der Waals surface area contributed by atoms with E-state index < -0.39 is 0 Å². The standard InChI is InChI=1S/C19H19FN2OS2/c1-12-10-13(2)18-16(11-12)21-19(25-18)22-17(23)4-3-9-24-15-7-5-14(20)6-8-15/h5-8,10-11H,3-4,9H2,1-2H3,(H,21,22,23). The number of benzene rings is 2. The molecule has 0 spiro atoms. The highest BCUT2D eigenvalue weighted by atomic mass is 32.2. The molecule has 1 aromatic heterocycles. The minimum Gasteiger partial charge on any atom is -0.302 e. The normalized spacial score (nSPS) is 11.0. The molecule has 3 nitrogen and oxygen atoms in total. The molecule has 3 aromatic rings. The van der Waals surface area contributed by atoms with Gasteiger partial charge in [0.2, 0.25) is 5.91 Å². The highest BCUT2D eigenvalue weighted by molar-refractivity contribution is 7.99. The van der Waals surface area contributed by atoms with E-state index in [2.05, 4.69) is 23.3 Å². The molecule has 0 bridgehead atoms. The van der Waals surface area contributed by atoms with Gasteiger partial charge in [0.1, 0.15) is 5.82 Å². The molecule has 6 heteroatoms. The van der Waals surface area contributed by atoms with Crippen molar-refractivity contribution < 1.29 is 9.18 Å². The highest BCUT2D eigenvalue weighted by Gasteiger charge is 2.10. The van der Waals surface area contributed by atoms with E-state index in [1.807, 2.05) is 13.0 Å². The number of hydrogen-bond acceptors (Lipinski definition) is 4. The van der Waals surface area contributed by atoms with Crippen molar-refractivity contribution in [2.75, 3.05) is 11.1 Å². The summed E-state index contributed by atoms with van der Waals surface area (Å²) in [5.74, 6) is 0.565. The Morgan fingerprint density at radius 3 is 2.76 bits per heavy atom. The SMILES string of the molecule is Cc1cc(C)c2sc(NC(=O)CCCSc3ccc(F)cc3)nc2c1. The summed E-state index contributed by atoms with van der Waals surface area (Å²) in [5, 5.41) is 3.55. The number of carbonyl (C=O) groups excluding carboxylic acids is 1. The summed E-state index contributed by atoms with van der Waals surface area (Å²) in [7, 11) is 0. The maximum absolute atomic E-state index is 12.8. The van der Waals surface area contributed by atoms with Crippen LogP contribution in [0.1, 0.15) is 24.0 Å². The van der Waals surface area contributed by atoms with Crippen molar-refractivity contribution in [1.29, 1.82) is 0 Å². The van der Waals surface area contributed by atoms with Crippen LogP contribution in [0.25, 0.3) is 10.2 Å². The molecule has 0 aliphatic heterocycles. The molecular weight excluding hydrogens is 355 g/mol. The molecule has 25 heavy (non-hydrogen) atoms. The number of thiazole rings is 1. The van der Waals surface area contributed by atoms with E-state index in [-0.39, 0.29) is 11.7 Å². The maximum atomic E-state index is 12.8. The van der Waals surface area contributed by atoms with Crippen LogP contribution in [0.15, 0.2) is 41.3 Å². The zero-order valence-electron chi connectivity index (χ0n) is 14.1. The van der Waals surface area contributed by atoms with Crippen LogP contribution in [0.4, 0.5) is 9.52 Å². The van der Waals surface area contributed by atoms with Crippen molar-refractivity contribution in [3.63, 3.8) is 0 Å². The molecule has 0 aliphatic rings. The van der Waals surface area contributed by atoms with Crippen LogP contribution in [-0.4, -0.2) is 16.6 Å². The molecule has 1 heterocycles. The van der Waals surface area contributed by atoms with Crippen molar-refractivity contribution >= 4 is 44.4 Å². The fraction of sp³-hybridized carbons (Fsp3) is 0.263. The molecule has 0 fully saturated rings. The Morgan fingerprint density at radius 1 is 1.24 bits per heavy atom. The Kier molecular flexibility index (Phi) is 5.71. The quantitative estimate of drug-likeness (QED) is 0.453. The lowest BCUT2D eigenvalue weighted by molar-refractivity contribution is -0.116. The molecule has 0 saturated carbocycles. The van der Waals surface area contributed by atoms with Crippen molar-refractivity contribution in [2.24, 2.45) is 0 Å². The van der Waals surface area contributed by atoms with Gasteiger partial charge in [-0.3, -0.25) is 4.79 Å². The fourth-order valence-corrected chi connectivity index (χ4v) is 4.35. The second kappa shape index (κ2) is 7.97. The number of nitrogens with one attached hydrogen (secondary N) is 1. The first-order valence-electron chi connectivity index (χ1n) is 8.07.